The summed E-state index contributed by atoms with van der Waals surface area (Å²) in [6.45, 7) is 2.61. The number of carbonyl (C=O) groups is 5. The van der Waals surface area contributed by atoms with Gasteiger partial charge in [0.25, 0.3) is 0 Å². The van der Waals surface area contributed by atoms with E-state index in [1.165, 1.54) is 26.4 Å². The van der Waals surface area contributed by atoms with Gasteiger partial charge in [-0.2, -0.15) is 0 Å². The summed E-state index contributed by atoms with van der Waals surface area (Å²) in [4.78, 5) is 66.0. The summed E-state index contributed by atoms with van der Waals surface area (Å²) in [5.74, 6) is -5.03. The number of nitrogens with one attached hydrogen (secondary N) is 4. The first-order chi connectivity index (χ1) is 14.4. The van der Waals surface area contributed by atoms with Gasteiger partial charge in [0.15, 0.2) is 0 Å². The minimum absolute atomic E-state index is 0.0299. The number of aliphatic hydroxyl groups is 1. The molecule has 4 amide bonds. The standard InChI is InChI=1S/C17H27N7O7/c1-7(18)14(27)22-10(3-9-5-20-6-21-9)15(28)24-13(8(2)25)16(29)23-11(17(30)31)4-12(19)26/h5-8,10-11,13,25H,3-4,18H2,1-2H3,(H2,19,26)(H,20,21)(H,22,27)(H,23,29)(H,24,28)(H,30,31). The largest absolute Gasteiger partial charge is 0.480 e. The number of rotatable bonds is 12. The summed E-state index contributed by atoms with van der Waals surface area (Å²) in [5, 5.41) is 25.8. The zero-order valence-electron chi connectivity index (χ0n) is 17.0. The van der Waals surface area contributed by atoms with Gasteiger partial charge in [0.2, 0.25) is 23.6 Å². The second-order valence-electron chi connectivity index (χ2n) is 6.93. The van der Waals surface area contributed by atoms with Crippen LogP contribution in [0, 0.1) is 0 Å². The minimum Gasteiger partial charge on any atom is -0.480 e. The highest BCUT2D eigenvalue weighted by molar-refractivity contribution is 5.95. The molecule has 0 spiro atoms. The lowest BCUT2D eigenvalue weighted by Crippen LogP contribution is -2.60. The van der Waals surface area contributed by atoms with E-state index in [1.807, 2.05) is 5.32 Å². The van der Waals surface area contributed by atoms with E-state index in [-0.39, 0.29) is 6.42 Å². The third kappa shape index (κ3) is 8.39. The van der Waals surface area contributed by atoms with Gasteiger partial charge in [0, 0.05) is 18.3 Å². The summed E-state index contributed by atoms with van der Waals surface area (Å²) in [6.07, 6.45) is 0.642. The molecule has 1 aromatic rings. The molecule has 5 atom stereocenters. The number of hydrogen-bond acceptors (Lipinski definition) is 8. The van der Waals surface area contributed by atoms with Crippen molar-refractivity contribution in [1.29, 1.82) is 0 Å². The van der Waals surface area contributed by atoms with Crippen LogP contribution in [0.1, 0.15) is 26.0 Å². The number of aromatic nitrogens is 2. The predicted octanol–water partition coefficient (Wildman–Crippen LogP) is -3.91. The molecule has 1 heterocycles. The van der Waals surface area contributed by atoms with Crippen LogP contribution in [0.5, 0.6) is 0 Å². The number of hydrogen-bond donors (Lipinski definition) is 8. The Balaban J connectivity index is 2.98. The molecule has 10 N–H and O–H groups in total. The SMILES string of the molecule is CC(N)C(=O)NC(Cc1cnc[nH]1)C(=O)NC(C(=O)NC(CC(N)=O)C(=O)O)C(C)O. The van der Waals surface area contributed by atoms with Gasteiger partial charge in [0.05, 0.1) is 24.9 Å². The molecule has 0 aromatic carbocycles. The molecule has 0 fully saturated rings. The maximum atomic E-state index is 12.8. The Morgan fingerprint density at radius 2 is 1.68 bits per heavy atom. The molecule has 5 unspecified atom stereocenters. The highest BCUT2D eigenvalue weighted by atomic mass is 16.4. The number of H-pyrrole nitrogens is 1. The summed E-state index contributed by atoms with van der Waals surface area (Å²) in [5.41, 5.74) is 11.0. The zero-order chi connectivity index (χ0) is 23.7. The monoisotopic (exact) mass is 441 g/mol. The molecule has 0 aliphatic rings. The number of carbonyl (C=O) groups excluding carboxylic acids is 4. The van der Waals surface area contributed by atoms with Crippen LogP contribution in [0.4, 0.5) is 0 Å². The summed E-state index contributed by atoms with van der Waals surface area (Å²) < 4.78 is 0. The van der Waals surface area contributed by atoms with Gasteiger partial charge in [0.1, 0.15) is 18.1 Å². The van der Waals surface area contributed by atoms with Gasteiger partial charge < -0.3 is 42.6 Å². The van der Waals surface area contributed by atoms with Crippen molar-refractivity contribution in [3.63, 3.8) is 0 Å². The Hall–Kier alpha value is -3.52. The van der Waals surface area contributed by atoms with E-state index in [2.05, 4.69) is 20.6 Å². The zero-order valence-corrected chi connectivity index (χ0v) is 17.0. The molecular formula is C17H27N7O7. The predicted molar refractivity (Wildman–Crippen MR) is 105 cm³/mol. The van der Waals surface area contributed by atoms with E-state index >= 15 is 0 Å². The molecule has 0 bridgehead atoms. The van der Waals surface area contributed by atoms with Crippen molar-refractivity contribution < 1.29 is 34.2 Å². The minimum atomic E-state index is -1.65. The second kappa shape index (κ2) is 11.6. The molecule has 14 nitrogen and oxygen atoms in total. The van der Waals surface area contributed by atoms with Crippen molar-refractivity contribution in [3.05, 3.63) is 18.2 Å². The van der Waals surface area contributed by atoms with Crippen LogP contribution in [0.2, 0.25) is 0 Å². The molecule has 31 heavy (non-hydrogen) atoms. The molecule has 0 radical (unpaired) electrons. The number of carboxylic acids is 1. The van der Waals surface area contributed by atoms with Crippen LogP contribution in [0.3, 0.4) is 0 Å². The smallest absolute Gasteiger partial charge is 0.326 e. The Morgan fingerprint density at radius 1 is 1.06 bits per heavy atom. The van der Waals surface area contributed by atoms with E-state index in [4.69, 9.17) is 16.6 Å². The normalized spacial score (nSPS) is 15.6. The van der Waals surface area contributed by atoms with E-state index < -0.39 is 66.3 Å². The fourth-order valence-electron chi connectivity index (χ4n) is 2.45. The fourth-order valence-corrected chi connectivity index (χ4v) is 2.45. The number of nitrogens with two attached hydrogens (primary N) is 2. The first-order valence-electron chi connectivity index (χ1n) is 9.25. The average Bonchev–Trinajstić information content (AvgIpc) is 3.16. The molecule has 1 aromatic heterocycles. The van der Waals surface area contributed by atoms with Crippen molar-refractivity contribution in [2.75, 3.05) is 0 Å². The van der Waals surface area contributed by atoms with Crippen LogP contribution in [0.15, 0.2) is 12.5 Å². The number of aromatic amines is 1. The number of aliphatic carboxylic acids is 1. The van der Waals surface area contributed by atoms with Crippen LogP contribution < -0.4 is 27.4 Å². The molecule has 0 saturated carbocycles. The Bertz CT molecular complexity index is 795. The van der Waals surface area contributed by atoms with E-state index in [9.17, 15) is 29.1 Å². The first kappa shape index (κ1) is 25.5. The summed E-state index contributed by atoms with van der Waals surface area (Å²) in [6, 6.07) is -5.34. The molecule has 0 aliphatic carbocycles. The lowest BCUT2D eigenvalue weighted by molar-refractivity contribution is -0.144. The Kier molecular flexibility index (Phi) is 9.56. The third-order valence-electron chi connectivity index (χ3n) is 4.11. The van der Waals surface area contributed by atoms with Gasteiger partial charge in [-0.15, -0.1) is 0 Å². The molecule has 0 saturated heterocycles. The molecule has 172 valence electrons. The molecule has 14 heteroatoms. The van der Waals surface area contributed by atoms with Crippen molar-refractivity contribution in [1.82, 2.24) is 25.9 Å². The van der Waals surface area contributed by atoms with E-state index in [1.54, 1.807) is 0 Å². The number of carboxylic acid groups (broad SMARTS) is 1. The number of aliphatic hydroxyl groups excluding tert-OH is 1. The van der Waals surface area contributed by atoms with Crippen LogP contribution >= 0.6 is 0 Å². The maximum Gasteiger partial charge on any atom is 0.326 e. The lowest BCUT2D eigenvalue weighted by atomic mass is 10.1. The number of amides is 4. The molecule has 1 rings (SSSR count). The third-order valence-corrected chi connectivity index (χ3v) is 4.11. The molecule has 0 aliphatic heterocycles. The van der Waals surface area contributed by atoms with Crippen molar-refractivity contribution in [2.24, 2.45) is 11.5 Å². The quantitative estimate of drug-likeness (QED) is 0.158. The van der Waals surface area contributed by atoms with Crippen LogP contribution in [-0.4, -0.2) is 80.1 Å². The average molecular weight is 441 g/mol. The second-order valence-corrected chi connectivity index (χ2v) is 6.93. The van der Waals surface area contributed by atoms with Crippen molar-refractivity contribution in [2.45, 2.75) is 57.0 Å². The number of nitrogens with zero attached hydrogens (tertiary/aromatic N) is 1. The van der Waals surface area contributed by atoms with Gasteiger partial charge in [-0.1, -0.05) is 0 Å². The van der Waals surface area contributed by atoms with Crippen LogP contribution in [0.25, 0.3) is 0 Å². The summed E-state index contributed by atoms with van der Waals surface area (Å²) >= 11 is 0. The maximum absolute atomic E-state index is 12.8. The van der Waals surface area contributed by atoms with Gasteiger partial charge in [-0.3, -0.25) is 19.2 Å². The Labute approximate surface area is 177 Å². The highest BCUT2D eigenvalue weighted by Crippen LogP contribution is 2.03. The highest BCUT2D eigenvalue weighted by Gasteiger charge is 2.33. The van der Waals surface area contributed by atoms with Crippen molar-refractivity contribution >= 4 is 29.6 Å². The van der Waals surface area contributed by atoms with Gasteiger partial charge >= 0.3 is 5.97 Å². The van der Waals surface area contributed by atoms with Gasteiger partial charge in [-0.25, -0.2) is 9.78 Å². The fraction of sp³-hybridized carbons (Fsp3) is 0.529. The van der Waals surface area contributed by atoms with Gasteiger partial charge in [-0.05, 0) is 13.8 Å². The molecular weight excluding hydrogens is 414 g/mol. The summed E-state index contributed by atoms with van der Waals surface area (Å²) in [7, 11) is 0. The number of primary amides is 1. The Morgan fingerprint density at radius 3 is 2.13 bits per heavy atom. The first-order valence-corrected chi connectivity index (χ1v) is 9.25. The lowest BCUT2D eigenvalue weighted by Gasteiger charge is -2.26. The van der Waals surface area contributed by atoms with E-state index in [0.717, 1.165) is 0 Å². The number of imidazole rings is 1. The van der Waals surface area contributed by atoms with E-state index in [0.29, 0.717) is 5.69 Å². The van der Waals surface area contributed by atoms with Crippen LogP contribution in [-0.2, 0) is 30.4 Å². The van der Waals surface area contributed by atoms with Crippen molar-refractivity contribution in [3.8, 4) is 0 Å². The topological polar surface area (TPSA) is 243 Å².